The molecular weight excluding hydrogens is 334 g/mol. The number of rotatable bonds is 6. The Hall–Kier alpha value is -1.20. The van der Waals surface area contributed by atoms with Gasteiger partial charge >= 0.3 is 5.97 Å². The van der Waals surface area contributed by atoms with Gasteiger partial charge in [0.2, 0.25) is 0 Å². The topological polar surface area (TPSA) is 38.8 Å². The Kier molecular flexibility index (Phi) is 6.29. The first-order valence-electron chi connectivity index (χ1n) is 9.29. The molecule has 2 aliphatic heterocycles. The number of piperidine rings is 1. The Balaban J connectivity index is 1.74. The van der Waals surface area contributed by atoms with E-state index in [0.29, 0.717) is 12.6 Å². The summed E-state index contributed by atoms with van der Waals surface area (Å²) in [7, 11) is 1.68. The van der Waals surface area contributed by atoms with Gasteiger partial charge in [0.05, 0.1) is 19.1 Å². The predicted molar refractivity (Wildman–Crippen MR) is 102 cm³/mol. The zero-order chi connectivity index (χ0) is 17.7. The summed E-state index contributed by atoms with van der Waals surface area (Å²) in [5.41, 5.74) is 0.752. The number of nitrogens with zero attached hydrogens (tertiary/aromatic N) is 1. The van der Waals surface area contributed by atoms with Crippen molar-refractivity contribution in [3.8, 4) is 5.75 Å². The van der Waals surface area contributed by atoms with Gasteiger partial charge < -0.3 is 9.47 Å². The molecule has 25 heavy (non-hydrogen) atoms. The lowest BCUT2D eigenvalue weighted by Crippen LogP contribution is -2.49. The van der Waals surface area contributed by atoms with Crippen molar-refractivity contribution in [3.63, 3.8) is 0 Å². The first-order chi connectivity index (χ1) is 12.2. The summed E-state index contributed by atoms with van der Waals surface area (Å²) < 4.78 is 10.8. The van der Waals surface area contributed by atoms with Gasteiger partial charge in [-0.25, -0.2) is 0 Å². The van der Waals surface area contributed by atoms with E-state index in [4.69, 9.17) is 9.47 Å². The van der Waals surface area contributed by atoms with Gasteiger partial charge in [-0.2, -0.15) is 11.8 Å². The van der Waals surface area contributed by atoms with Gasteiger partial charge in [0.1, 0.15) is 5.75 Å². The summed E-state index contributed by atoms with van der Waals surface area (Å²) in [5.74, 6) is 3.33. The van der Waals surface area contributed by atoms with Crippen LogP contribution in [0, 0.1) is 5.41 Å². The van der Waals surface area contributed by atoms with Gasteiger partial charge in [-0.3, -0.25) is 9.69 Å². The zero-order valence-corrected chi connectivity index (χ0v) is 16.1. The summed E-state index contributed by atoms with van der Waals surface area (Å²) in [5, 5.41) is 0. The molecule has 1 atom stereocenters. The smallest absolute Gasteiger partial charge is 0.312 e. The third kappa shape index (κ3) is 4.32. The predicted octanol–water partition coefficient (Wildman–Crippen LogP) is 3.39. The Labute approximate surface area is 155 Å². The summed E-state index contributed by atoms with van der Waals surface area (Å²) in [6.07, 6.45) is 3.78. The monoisotopic (exact) mass is 363 g/mol. The molecule has 0 radical (unpaired) electrons. The van der Waals surface area contributed by atoms with Crippen molar-refractivity contribution in [2.45, 2.75) is 38.6 Å². The fourth-order valence-electron chi connectivity index (χ4n) is 4.04. The fourth-order valence-corrected chi connectivity index (χ4v) is 5.29. The lowest BCUT2D eigenvalue weighted by atomic mass is 9.73. The van der Waals surface area contributed by atoms with E-state index in [9.17, 15) is 4.79 Å². The number of hydrogen-bond donors (Lipinski definition) is 0. The second-order valence-electron chi connectivity index (χ2n) is 7.08. The van der Waals surface area contributed by atoms with Gasteiger partial charge in [-0.05, 0) is 69.1 Å². The van der Waals surface area contributed by atoms with Gasteiger partial charge in [0, 0.05) is 11.8 Å². The quantitative estimate of drug-likeness (QED) is 0.725. The van der Waals surface area contributed by atoms with Crippen LogP contribution in [0.25, 0.3) is 0 Å². The SMILES string of the molecule is CCOC(=O)C1(Cc2cccc(OC)c2)CCN(C2CCSC2)CC1. The molecule has 0 bridgehead atoms. The van der Waals surface area contributed by atoms with Crippen LogP contribution in [-0.4, -0.2) is 55.2 Å². The van der Waals surface area contributed by atoms with E-state index in [1.165, 1.54) is 17.9 Å². The summed E-state index contributed by atoms with van der Waals surface area (Å²) >= 11 is 2.05. The average molecular weight is 364 g/mol. The van der Waals surface area contributed by atoms with E-state index in [2.05, 4.69) is 11.0 Å². The molecule has 0 saturated carbocycles. The van der Waals surface area contributed by atoms with Crippen molar-refractivity contribution < 1.29 is 14.3 Å². The highest BCUT2D eigenvalue weighted by Crippen LogP contribution is 2.39. The third-order valence-electron chi connectivity index (χ3n) is 5.56. The maximum atomic E-state index is 12.8. The normalized spacial score (nSPS) is 23.4. The fraction of sp³-hybridized carbons (Fsp3) is 0.650. The molecule has 0 aromatic heterocycles. The molecule has 1 aromatic rings. The number of ether oxygens (including phenoxy) is 2. The van der Waals surface area contributed by atoms with E-state index in [0.717, 1.165) is 43.7 Å². The molecule has 1 aromatic carbocycles. The minimum atomic E-state index is -0.398. The van der Waals surface area contributed by atoms with Crippen LogP contribution < -0.4 is 4.74 Å². The van der Waals surface area contributed by atoms with Crippen LogP contribution in [0.3, 0.4) is 0 Å². The first-order valence-corrected chi connectivity index (χ1v) is 10.4. The molecule has 2 heterocycles. The highest BCUT2D eigenvalue weighted by Gasteiger charge is 2.44. The number of thioether (sulfide) groups is 1. The van der Waals surface area contributed by atoms with E-state index in [1.807, 2.05) is 36.9 Å². The molecule has 4 nitrogen and oxygen atoms in total. The van der Waals surface area contributed by atoms with E-state index in [1.54, 1.807) is 7.11 Å². The first kappa shape index (κ1) is 18.6. The summed E-state index contributed by atoms with van der Waals surface area (Å²) in [6, 6.07) is 8.77. The van der Waals surface area contributed by atoms with Crippen molar-refractivity contribution in [2.75, 3.05) is 38.3 Å². The third-order valence-corrected chi connectivity index (χ3v) is 6.71. The Bertz CT molecular complexity index is 578. The van der Waals surface area contributed by atoms with Crippen LogP contribution >= 0.6 is 11.8 Å². The largest absolute Gasteiger partial charge is 0.497 e. The number of likely N-dealkylation sites (tertiary alicyclic amines) is 1. The minimum absolute atomic E-state index is 0.0294. The molecule has 3 rings (SSSR count). The van der Waals surface area contributed by atoms with E-state index >= 15 is 0 Å². The molecule has 138 valence electrons. The standard InChI is InChI=1S/C20H29NO3S/c1-3-24-19(22)20(14-16-5-4-6-18(13-16)23-2)8-10-21(11-9-20)17-7-12-25-15-17/h4-6,13,17H,3,7-12,14-15H2,1-2H3. The van der Waals surface area contributed by atoms with Crippen LogP contribution in [0.2, 0.25) is 0 Å². The number of esters is 1. The molecule has 0 aliphatic carbocycles. The number of benzene rings is 1. The molecule has 0 amide bonds. The summed E-state index contributed by atoms with van der Waals surface area (Å²) in [4.78, 5) is 15.4. The van der Waals surface area contributed by atoms with Crippen LogP contribution in [-0.2, 0) is 16.0 Å². The van der Waals surface area contributed by atoms with Crippen molar-refractivity contribution in [3.05, 3.63) is 29.8 Å². The molecule has 2 saturated heterocycles. The van der Waals surface area contributed by atoms with Gasteiger partial charge in [-0.1, -0.05) is 12.1 Å². The number of carbonyl (C=O) groups is 1. The number of carbonyl (C=O) groups excluding carboxylic acids is 1. The number of methoxy groups -OCH3 is 1. The second-order valence-corrected chi connectivity index (χ2v) is 8.23. The highest BCUT2D eigenvalue weighted by molar-refractivity contribution is 7.99. The molecule has 2 aliphatic rings. The van der Waals surface area contributed by atoms with Crippen LogP contribution in [0.15, 0.2) is 24.3 Å². The van der Waals surface area contributed by atoms with Crippen molar-refractivity contribution in [1.29, 1.82) is 0 Å². The van der Waals surface area contributed by atoms with Crippen molar-refractivity contribution >= 4 is 17.7 Å². The van der Waals surface area contributed by atoms with Crippen LogP contribution in [0.4, 0.5) is 0 Å². The van der Waals surface area contributed by atoms with E-state index < -0.39 is 5.41 Å². The lowest BCUT2D eigenvalue weighted by molar-refractivity contribution is -0.159. The van der Waals surface area contributed by atoms with E-state index in [-0.39, 0.29) is 5.97 Å². The second kappa shape index (κ2) is 8.45. The zero-order valence-electron chi connectivity index (χ0n) is 15.3. The van der Waals surface area contributed by atoms with Gasteiger partial charge in [0.25, 0.3) is 0 Å². The van der Waals surface area contributed by atoms with Gasteiger partial charge in [0.15, 0.2) is 0 Å². The molecule has 2 fully saturated rings. The molecule has 0 N–H and O–H groups in total. The van der Waals surface area contributed by atoms with Crippen molar-refractivity contribution in [2.24, 2.45) is 5.41 Å². The van der Waals surface area contributed by atoms with Crippen LogP contribution in [0.1, 0.15) is 31.7 Å². The van der Waals surface area contributed by atoms with Gasteiger partial charge in [-0.15, -0.1) is 0 Å². The Morgan fingerprint density at radius 1 is 1.36 bits per heavy atom. The Morgan fingerprint density at radius 2 is 2.16 bits per heavy atom. The minimum Gasteiger partial charge on any atom is -0.497 e. The van der Waals surface area contributed by atoms with Crippen LogP contribution in [0.5, 0.6) is 5.75 Å². The molecule has 5 heteroatoms. The molecule has 1 unspecified atom stereocenters. The average Bonchev–Trinajstić information content (AvgIpc) is 3.17. The lowest BCUT2D eigenvalue weighted by Gasteiger charge is -2.42. The Morgan fingerprint density at radius 3 is 2.80 bits per heavy atom. The molecule has 0 spiro atoms. The molecular formula is C20H29NO3S. The summed E-state index contributed by atoms with van der Waals surface area (Å²) in [6.45, 7) is 4.33. The highest BCUT2D eigenvalue weighted by atomic mass is 32.2. The van der Waals surface area contributed by atoms with Crippen molar-refractivity contribution in [1.82, 2.24) is 4.90 Å². The maximum Gasteiger partial charge on any atom is 0.312 e. The number of hydrogen-bond acceptors (Lipinski definition) is 5. The maximum absolute atomic E-state index is 12.8.